The minimum atomic E-state index is -0.121. The van der Waals surface area contributed by atoms with Crippen LogP contribution in [0, 0.1) is 0 Å². The van der Waals surface area contributed by atoms with E-state index in [1.807, 2.05) is 43.3 Å². The molecule has 0 spiro atoms. The summed E-state index contributed by atoms with van der Waals surface area (Å²) in [6.45, 7) is 1.46. The summed E-state index contributed by atoms with van der Waals surface area (Å²) in [4.78, 5) is 29.1. The fraction of sp³-hybridized carbons (Fsp3) is 0.235. The maximum Gasteiger partial charge on any atom is 0.228 e. The molecular weight excluding hydrogens is 292 g/mol. The summed E-state index contributed by atoms with van der Waals surface area (Å²) in [6, 6.07) is 10.9. The largest absolute Gasteiger partial charge is 0.363 e. The van der Waals surface area contributed by atoms with E-state index in [1.165, 1.54) is 6.92 Å². The molecule has 0 aliphatic rings. The summed E-state index contributed by atoms with van der Waals surface area (Å²) in [5.74, 6) is 0.595. The molecule has 1 aromatic heterocycles. The van der Waals surface area contributed by atoms with Crippen LogP contribution in [-0.4, -0.2) is 30.9 Å². The van der Waals surface area contributed by atoms with Gasteiger partial charge in [0, 0.05) is 26.7 Å². The fourth-order valence-corrected chi connectivity index (χ4v) is 2.02. The molecule has 0 fully saturated rings. The van der Waals surface area contributed by atoms with Gasteiger partial charge in [0.15, 0.2) is 0 Å². The van der Waals surface area contributed by atoms with E-state index in [4.69, 9.17) is 0 Å². The predicted molar refractivity (Wildman–Crippen MR) is 91.6 cm³/mol. The first kappa shape index (κ1) is 16.5. The number of hydrogen-bond donors (Lipinski definition) is 2. The van der Waals surface area contributed by atoms with Crippen LogP contribution in [-0.2, 0) is 16.0 Å². The maximum absolute atomic E-state index is 12.0. The number of benzene rings is 1. The van der Waals surface area contributed by atoms with Crippen molar-refractivity contribution in [2.45, 2.75) is 13.3 Å². The molecule has 0 saturated carbocycles. The van der Waals surface area contributed by atoms with Gasteiger partial charge in [-0.3, -0.25) is 9.59 Å². The third-order valence-electron chi connectivity index (χ3n) is 3.13. The van der Waals surface area contributed by atoms with E-state index in [0.29, 0.717) is 11.4 Å². The van der Waals surface area contributed by atoms with Crippen LogP contribution in [0.1, 0.15) is 12.5 Å². The third kappa shape index (κ3) is 5.10. The summed E-state index contributed by atoms with van der Waals surface area (Å²) in [5.41, 5.74) is 2.25. The first-order valence-corrected chi connectivity index (χ1v) is 7.24. The number of nitrogens with one attached hydrogen (secondary N) is 2. The van der Waals surface area contributed by atoms with Gasteiger partial charge in [0.05, 0.1) is 18.3 Å². The number of anilines is 3. The van der Waals surface area contributed by atoms with Crippen molar-refractivity contribution in [3.05, 3.63) is 48.2 Å². The standard InChI is InChI=1S/C17H20N4O2/c1-12(22)19-14-6-4-13(5-7-14)10-17(23)20-15-8-9-16(18-11-15)21(2)3/h4-9,11H,10H2,1-3H3,(H,19,22)(H,20,23). The van der Waals surface area contributed by atoms with Crippen LogP contribution in [0.2, 0.25) is 0 Å². The molecule has 120 valence electrons. The zero-order chi connectivity index (χ0) is 16.8. The highest BCUT2D eigenvalue weighted by Crippen LogP contribution is 2.13. The van der Waals surface area contributed by atoms with Crippen molar-refractivity contribution < 1.29 is 9.59 Å². The Bertz CT molecular complexity index is 679. The minimum absolute atomic E-state index is 0.114. The van der Waals surface area contributed by atoms with Crippen molar-refractivity contribution in [3.8, 4) is 0 Å². The Kier molecular flexibility index (Phi) is 5.30. The second-order valence-electron chi connectivity index (χ2n) is 5.40. The van der Waals surface area contributed by atoms with Crippen molar-refractivity contribution in [2.75, 3.05) is 29.6 Å². The molecule has 2 aromatic rings. The van der Waals surface area contributed by atoms with Crippen molar-refractivity contribution in [3.63, 3.8) is 0 Å². The predicted octanol–water partition coefficient (Wildman–Crippen LogP) is 2.29. The molecule has 0 bridgehead atoms. The molecule has 0 atom stereocenters. The molecule has 0 aliphatic carbocycles. The Hall–Kier alpha value is -2.89. The normalized spacial score (nSPS) is 10.0. The van der Waals surface area contributed by atoms with Gasteiger partial charge < -0.3 is 15.5 Å². The van der Waals surface area contributed by atoms with Crippen LogP contribution in [0.5, 0.6) is 0 Å². The second kappa shape index (κ2) is 7.40. The lowest BCUT2D eigenvalue weighted by Gasteiger charge is -2.11. The number of rotatable bonds is 5. The van der Waals surface area contributed by atoms with Gasteiger partial charge in [-0.2, -0.15) is 0 Å². The number of carbonyl (C=O) groups is 2. The van der Waals surface area contributed by atoms with E-state index in [-0.39, 0.29) is 18.2 Å². The SMILES string of the molecule is CC(=O)Nc1ccc(CC(=O)Nc2ccc(N(C)C)nc2)cc1. The molecule has 2 rings (SSSR count). The molecule has 0 saturated heterocycles. The van der Waals surface area contributed by atoms with E-state index >= 15 is 0 Å². The van der Waals surface area contributed by atoms with Gasteiger partial charge in [0.2, 0.25) is 11.8 Å². The average molecular weight is 312 g/mol. The molecule has 0 unspecified atom stereocenters. The van der Waals surface area contributed by atoms with Crippen molar-refractivity contribution in [2.24, 2.45) is 0 Å². The molecule has 0 aliphatic heterocycles. The Morgan fingerprint density at radius 1 is 1.00 bits per heavy atom. The highest BCUT2D eigenvalue weighted by molar-refractivity contribution is 5.92. The monoisotopic (exact) mass is 312 g/mol. The van der Waals surface area contributed by atoms with Crippen LogP contribution in [0.15, 0.2) is 42.6 Å². The highest BCUT2D eigenvalue weighted by atomic mass is 16.2. The van der Waals surface area contributed by atoms with Crippen LogP contribution in [0.3, 0.4) is 0 Å². The number of hydrogen-bond acceptors (Lipinski definition) is 4. The number of carbonyl (C=O) groups excluding carboxylic acids is 2. The zero-order valence-corrected chi connectivity index (χ0v) is 13.5. The lowest BCUT2D eigenvalue weighted by atomic mass is 10.1. The minimum Gasteiger partial charge on any atom is -0.363 e. The number of aromatic nitrogens is 1. The van der Waals surface area contributed by atoms with E-state index in [9.17, 15) is 9.59 Å². The van der Waals surface area contributed by atoms with Gasteiger partial charge in [-0.1, -0.05) is 12.1 Å². The number of pyridine rings is 1. The first-order chi connectivity index (χ1) is 10.9. The van der Waals surface area contributed by atoms with E-state index in [1.54, 1.807) is 18.3 Å². The summed E-state index contributed by atoms with van der Waals surface area (Å²) >= 11 is 0. The van der Waals surface area contributed by atoms with E-state index < -0.39 is 0 Å². The summed E-state index contributed by atoms with van der Waals surface area (Å²) in [6.07, 6.45) is 1.89. The van der Waals surface area contributed by atoms with Crippen LogP contribution >= 0.6 is 0 Å². The van der Waals surface area contributed by atoms with Crippen LogP contribution < -0.4 is 15.5 Å². The molecular formula is C17H20N4O2. The van der Waals surface area contributed by atoms with Gasteiger partial charge >= 0.3 is 0 Å². The molecule has 23 heavy (non-hydrogen) atoms. The van der Waals surface area contributed by atoms with Gasteiger partial charge in [-0.25, -0.2) is 4.98 Å². The maximum atomic E-state index is 12.0. The van der Waals surface area contributed by atoms with Gasteiger partial charge in [-0.05, 0) is 29.8 Å². The Morgan fingerprint density at radius 3 is 2.17 bits per heavy atom. The molecule has 0 radical (unpaired) electrons. The molecule has 6 nitrogen and oxygen atoms in total. The summed E-state index contributed by atoms with van der Waals surface area (Å²) in [5, 5.41) is 5.50. The van der Waals surface area contributed by atoms with Gasteiger partial charge in [0.25, 0.3) is 0 Å². The molecule has 6 heteroatoms. The highest BCUT2D eigenvalue weighted by Gasteiger charge is 2.06. The average Bonchev–Trinajstić information content (AvgIpc) is 2.49. The van der Waals surface area contributed by atoms with Gasteiger partial charge in [-0.15, -0.1) is 0 Å². The third-order valence-corrected chi connectivity index (χ3v) is 3.13. The lowest BCUT2D eigenvalue weighted by Crippen LogP contribution is -2.15. The summed E-state index contributed by atoms with van der Waals surface area (Å²) < 4.78 is 0. The Morgan fingerprint density at radius 2 is 1.65 bits per heavy atom. The van der Waals surface area contributed by atoms with E-state index in [0.717, 1.165) is 11.4 Å². The smallest absolute Gasteiger partial charge is 0.228 e. The fourth-order valence-electron chi connectivity index (χ4n) is 2.02. The van der Waals surface area contributed by atoms with Crippen molar-refractivity contribution in [1.29, 1.82) is 0 Å². The number of nitrogens with zero attached hydrogens (tertiary/aromatic N) is 2. The first-order valence-electron chi connectivity index (χ1n) is 7.24. The molecule has 1 aromatic carbocycles. The topological polar surface area (TPSA) is 74.3 Å². The van der Waals surface area contributed by atoms with Crippen molar-refractivity contribution >= 4 is 29.0 Å². The Labute approximate surface area is 135 Å². The van der Waals surface area contributed by atoms with Crippen LogP contribution in [0.4, 0.5) is 17.2 Å². The summed E-state index contributed by atoms with van der Waals surface area (Å²) in [7, 11) is 3.82. The number of amides is 2. The van der Waals surface area contributed by atoms with E-state index in [2.05, 4.69) is 15.6 Å². The van der Waals surface area contributed by atoms with Gasteiger partial charge in [0.1, 0.15) is 5.82 Å². The quantitative estimate of drug-likeness (QED) is 0.888. The zero-order valence-electron chi connectivity index (χ0n) is 13.5. The lowest BCUT2D eigenvalue weighted by molar-refractivity contribution is -0.116. The molecule has 2 N–H and O–H groups in total. The van der Waals surface area contributed by atoms with Crippen LogP contribution in [0.25, 0.3) is 0 Å². The second-order valence-corrected chi connectivity index (χ2v) is 5.40. The Balaban J connectivity index is 1.92. The molecule has 1 heterocycles. The molecule has 2 amide bonds. The van der Waals surface area contributed by atoms with Crippen molar-refractivity contribution in [1.82, 2.24) is 4.98 Å².